The second kappa shape index (κ2) is 7.24. The quantitative estimate of drug-likeness (QED) is 0.672. The van der Waals surface area contributed by atoms with Crippen LogP contribution in [0.3, 0.4) is 0 Å². The predicted molar refractivity (Wildman–Crippen MR) is 65.1 cm³/mol. The number of ether oxygens (including phenoxy) is 1. The molecular formula is C13H27NO. The van der Waals surface area contributed by atoms with E-state index in [9.17, 15) is 0 Å². The van der Waals surface area contributed by atoms with Crippen LogP contribution in [-0.4, -0.2) is 38.3 Å². The van der Waals surface area contributed by atoms with E-state index in [0.717, 1.165) is 25.0 Å². The van der Waals surface area contributed by atoms with Gasteiger partial charge >= 0.3 is 0 Å². The van der Waals surface area contributed by atoms with E-state index in [1.54, 1.807) is 7.11 Å². The molecule has 1 aliphatic rings. The van der Waals surface area contributed by atoms with Gasteiger partial charge in [0.15, 0.2) is 0 Å². The van der Waals surface area contributed by atoms with E-state index in [-0.39, 0.29) is 0 Å². The van der Waals surface area contributed by atoms with Crippen molar-refractivity contribution in [1.82, 2.24) is 4.90 Å². The summed E-state index contributed by atoms with van der Waals surface area (Å²) in [4.78, 5) is 2.54. The Morgan fingerprint density at radius 2 is 2.00 bits per heavy atom. The molecule has 0 spiro atoms. The number of likely N-dealkylation sites (tertiary alicyclic amines) is 1. The summed E-state index contributed by atoms with van der Waals surface area (Å²) >= 11 is 0. The average Bonchev–Trinajstić information content (AvgIpc) is 2.27. The molecule has 0 bridgehead atoms. The minimum absolute atomic E-state index is 0.884. The van der Waals surface area contributed by atoms with Gasteiger partial charge in [-0.05, 0) is 37.8 Å². The first-order valence-electron chi connectivity index (χ1n) is 6.49. The molecule has 0 saturated carbocycles. The van der Waals surface area contributed by atoms with Crippen molar-refractivity contribution in [2.45, 2.75) is 39.5 Å². The van der Waals surface area contributed by atoms with Crippen LogP contribution in [0.1, 0.15) is 39.5 Å². The number of rotatable bonds is 6. The maximum Gasteiger partial charge on any atom is 0.0589 e. The monoisotopic (exact) mass is 213 g/mol. The summed E-state index contributed by atoms with van der Waals surface area (Å²) in [6.07, 6.45) is 5.53. The van der Waals surface area contributed by atoms with Gasteiger partial charge in [-0.3, -0.25) is 0 Å². The lowest BCUT2D eigenvalue weighted by molar-refractivity contribution is 0.106. The maximum absolute atomic E-state index is 5.12. The van der Waals surface area contributed by atoms with Gasteiger partial charge < -0.3 is 9.64 Å². The Balaban J connectivity index is 2.17. The van der Waals surface area contributed by atoms with Crippen molar-refractivity contribution < 1.29 is 4.74 Å². The van der Waals surface area contributed by atoms with Gasteiger partial charge in [0, 0.05) is 13.7 Å². The largest absolute Gasteiger partial charge is 0.383 e. The molecule has 15 heavy (non-hydrogen) atoms. The summed E-state index contributed by atoms with van der Waals surface area (Å²) in [5.74, 6) is 1.91. The second-order valence-electron chi connectivity index (χ2n) is 4.94. The highest BCUT2D eigenvalue weighted by molar-refractivity contribution is 4.75. The average molecular weight is 213 g/mol. The van der Waals surface area contributed by atoms with Crippen LogP contribution in [0.25, 0.3) is 0 Å². The first-order valence-corrected chi connectivity index (χ1v) is 6.49. The molecule has 0 N–H and O–H groups in total. The first kappa shape index (κ1) is 13.0. The van der Waals surface area contributed by atoms with Gasteiger partial charge in [0.05, 0.1) is 6.61 Å². The second-order valence-corrected chi connectivity index (χ2v) is 4.94. The van der Waals surface area contributed by atoms with Crippen LogP contribution in [0.5, 0.6) is 0 Å². The summed E-state index contributed by atoms with van der Waals surface area (Å²) in [7, 11) is 1.79. The van der Waals surface area contributed by atoms with Crippen molar-refractivity contribution in [1.29, 1.82) is 0 Å². The molecule has 2 heteroatoms. The van der Waals surface area contributed by atoms with Crippen LogP contribution in [0.4, 0.5) is 0 Å². The highest BCUT2D eigenvalue weighted by atomic mass is 16.5. The third kappa shape index (κ3) is 4.52. The number of methoxy groups -OCH3 is 1. The zero-order valence-corrected chi connectivity index (χ0v) is 10.7. The van der Waals surface area contributed by atoms with Crippen LogP contribution in [-0.2, 0) is 4.74 Å². The van der Waals surface area contributed by atoms with Crippen molar-refractivity contribution in [3.63, 3.8) is 0 Å². The zero-order valence-electron chi connectivity index (χ0n) is 10.7. The summed E-state index contributed by atoms with van der Waals surface area (Å²) in [6.45, 7) is 9.29. The Bertz CT molecular complexity index is 153. The third-order valence-corrected chi connectivity index (χ3v) is 3.79. The topological polar surface area (TPSA) is 12.5 Å². The summed E-state index contributed by atoms with van der Waals surface area (Å²) in [6, 6.07) is 0. The molecule has 1 saturated heterocycles. The number of hydrogen-bond donors (Lipinski definition) is 0. The van der Waals surface area contributed by atoms with Crippen LogP contribution < -0.4 is 0 Å². The van der Waals surface area contributed by atoms with Crippen LogP contribution in [0.15, 0.2) is 0 Å². The summed E-state index contributed by atoms with van der Waals surface area (Å²) < 4.78 is 5.12. The SMILES string of the molecule is CCCC(C)C1CCN(CCOC)CC1. The number of piperidine rings is 1. The van der Waals surface area contributed by atoms with Crippen molar-refractivity contribution in [3.8, 4) is 0 Å². The molecule has 0 amide bonds. The molecule has 1 rings (SSSR count). The van der Waals surface area contributed by atoms with Crippen LogP contribution >= 0.6 is 0 Å². The maximum atomic E-state index is 5.12. The lowest BCUT2D eigenvalue weighted by Crippen LogP contribution is -2.37. The van der Waals surface area contributed by atoms with Gasteiger partial charge in [-0.1, -0.05) is 26.7 Å². The van der Waals surface area contributed by atoms with E-state index in [1.807, 2.05) is 0 Å². The van der Waals surface area contributed by atoms with Crippen molar-refractivity contribution >= 4 is 0 Å². The molecule has 1 atom stereocenters. The number of hydrogen-bond acceptors (Lipinski definition) is 2. The fraction of sp³-hybridized carbons (Fsp3) is 1.00. The van der Waals surface area contributed by atoms with Gasteiger partial charge in [0.2, 0.25) is 0 Å². The van der Waals surface area contributed by atoms with Gasteiger partial charge in [-0.15, -0.1) is 0 Å². The summed E-state index contributed by atoms with van der Waals surface area (Å²) in [5, 5.41) is 0. The van der Waals surface area contributed by atoms with E-state index >= 15 is 0 Å². The van der Waals surface area contributed by atoms with Crippen molar-refractivity contribution in [2.75, 3.05) is 33.4 Å². The van der Waals surface area contributed by atoms with Gasteiger partial charge in [-0.25, -0.2) is 0 Å². The number of nitrogens with zero attached hydrogens (tertiary/aromatic N) is 1. The van der Waals surface area contributed by atoms with Gasteiger partial charge in [0.1, 0.15) is 0 Å². The van der Waals surface area contributed by atoms with E-state index in [0.29, 0.717) is 0 Å². The molecule has 1 heterocycles. The van der Waals surface area contributed by atoms with E-state index in [2.05, 4.69) is 18.7 Å². The van der Waals surface area contributed by atoms with E-state index in [4.69, 9.17) is 4.74 Å². The Labute approximate surface area is 95.0 Å². The van der Waals surface area contributed by atoms with E-state index < -0.39 is 0 Å². The normalized spacial score (nSPS) is 21.8. The molecule has 1 aliphatic heterocycles. The Kier molecular flexibility index (Phi) is 6.26. The zero-order chi connectivity index (χ0) is 11.1. The smallest absolute Gasteiger partial charge is 0.0589 e. The molecule has 0 aromatic heterocycles. The highest BCUT2D eigenvalue weighted by Crippen LogP contribution is 2.27. The first-order chi connectivity index (χ1) is 7.27. The Hall–Kier alpha value is -0.0800. The minimum atomic E-state index is 0.884. The van der Waals surface area contributed by atoms with Crippen LogP contribution in [0.2, 0.25) is 0 Å². The Morgan fingerprint density at radius 3 is 2.53 bits per heavy atom. The van der Waals surface area contributed by atoms with E-state index in [1.165, 1.54) is 38.8 Å². The molecule has 0 aromatic rings. The minimum Gasteiger partial charge on any atom is -0.383 e. The lowest BCUT2D eigenvalue weighted by Gasteiger charge is -2.34. The molecule has 2 nitrogen and oxygen atoms in total. The molecule has 90 valence electrons. The molecular weight excluding hydrogens is 186 g/mol. The van der Waals surface area contributed by atoms with Crippen molar-refractivity contribution in [3.05, 3.63) is 0 Å². The fourth-order valence-electron chi connectivity index (χ4n) is 2.66. The van der Waals surface area contributed by atoms with Crippen LogP contribution in [0, 0.1) is 11.8 Å². The predicted octanol–water partition coefficient (Wildman–Crippen LogP) is 2.78. The molecule has 0 aromatic carbocycles. The molecule has 1 fully saturated rings. The standard InChI is InChI=1S/C13H27NO/c1-4-5-12(2)13-6-8-14(9-7-13)10-11-15-3/h12-13H,4-11H2,1-3H3. The lowest BCUT2D eigenvalue weighted by atomic mass is 9.83. The molecule has 1 unspecified atom stereocenters. The highest BCUT2D eigenvalue weighted by Gasteiger charge is 2.22. The van der Waals surface area contributed by atoms with Crippen molar-refractivity contribution in [2.24, 2.45) is 11.8 Å². The van der Waals surface area contributed by atoms with Gasteiger partial charge in [0.25, 0.3) is 0 Å². The Morgan fingerprint density at radius 1 is 1.33 bits per heavy atom. The molecule has 0 radical (unpaired) electrons. The van der Waals surface area contributed by atoms with Gasteiger partial charge in [-0.2, -0.15) is 0 Å². The molecule has 0 aliphatic carbocycles. The summed E-state index contributed by atoms with van der Waals surface area (Å²) in [5.41, 5.74) is 0. The fourth-order valence-corrected chi connectivity index (χ4v) is 2.66. The third-order valence-electron chi connectivity index (χ3n) is 3.79.